The van der Waals surface area contributed by atoms with Crippen molar-refractivity contribution in [3.05, 3.63) is 35.4 Å². The summed E-state index contributed by atoms with van der Waals surface area (Å²) in [6, 6.07) is 3.85. The van der Waals surface area contributed by atoms with Crippen molar-refractivity contribution in [2.45, 2.75) is 38.7 Å². The number of hydrogen-bond donors (Lipinski definition) is 1. The highest BCUT2D eigenvalue weighted by Gasteiger charge is 2.50. The van der Waals surface area contributed by atoms with Gasteiger partial charge in [0.05, 0.1) is 6.10 Å². The molecule has 1 saturated carbocycles. The zero-order valence-electron chi connectivity index (χ0n) is 12.5. The highest BCUT2D eigenvalue weighted by atomic mass is 19.1. The van der Waals surface area contributed by atoms with Crippen molar-refractivity contribution in [3.63, 3.8) is 0 Å². The number of hydrogen-bond acceptors (Lipinski definition) is 2. The topological polar surface area (TPSA) is 21.3 Å². The summed E-state index contributed by atoms with van der Waals surface area (Å²) < 4.78 is 32.9. The number of ether oxygens (including phenoxy) is 1. The summed E-state index contributed by atoms with van der Waals surface area (Å²) in [5, 5.41) is 3.43. The zero-order valence-corrected chi connectivity index (χ0v) is 12.5. The maximum atomic E-state index is 13.5. The Hall–Kier alpha value is -1.00. The van der Waals surface area contributed by atoms with E-state index in [4.69, 9.17) is 4.74 Å². The van der Waals surface area contributed by atoms with Crippen LogP contribution in [-0.2, 0) is 11.2 Å². The molecule has 0 spiro atoms. The van der Waals surface area contributed by atoms with Gasteiger partial charge >= 0.3 is 0 Å². The van der Waals surface area contributed by atoms with Gasteiger partial charge in [-0.3, -0.25) is 0 Å². The molecule has 1 saturated heterocycles. The van der Waals surface area contributed by atoms with E-state index in [2.05, 4.69) is 12.2 Å². The van der Waals surface area contributed by atoms with Crippen LogP contribution in [0.2, 0.25) is 0 Å². The number of halogens is 2. The van der Waals surface area contributed by atoms with E-state index in [0.29, 0.717) is 12.3 Å². The van der Waals surface area contributed by atoms with Gasteiger partial charge in [0, 0.05) is 24.6 Å². The maximum Gasteiger partial charge on any atom is 0.126 e. The molecule has 4 heteroatoms. The first-order chi connectivity index (χ1) is 10.1. The molecule has 2 fully saturated rings. The van der Waals surface area contributed by atoms with Gasteiger partial charge < -0.3 is 10.1 Å². The molecule has 0 aromatic heterocycles. The summed E-state index contributed by atoms with van der Waals surface area (Å²) >= 11 is 0. The van der Waals surface area contributed by atoms with Crippen LogP contribution >= 0.6 is 0 Å². The largest absolute Gasteiger partial charge is 0.377 e. The molecule has 0 amide bonds. The molecule has 2 aliphatic rings. The van der Waals surface area contributed by atoms with Crippen LogP contribution in [0, 0.1) is 23.0 Å². The first-order valence-electron chi connectivity index (χ1n) is 7.90. The van der Waals surface area contributed by atoms with Crippen LogP contribution in [-0.4, -0.2) is 25.8 Å². The van der Waals surface area contributed by atoms with Gasteiger partial charge in [0.15, 0.2) is 0 Å². The van der Waals surface area contributed by atoms with Crippen molar-refractivity contribution in [2.24, 2.45) is 11.3 Å². The highest BCUT2D eigenvalue weighted by molar-refractivity contribution is 5.21. The quantitative estimate of drug-likeness (QED) is 0.869. The second-order valence-corrected chi connectivity index (χ2v) is 6.48. The Morgan fingerprint density at radius 2 is 1.95 bits per heavy atom. The van der Waals surface area contributed by atoms with Gasteiger partial charge in [-0.15, -0.1) is 0 Å². The van der Waals surface area contributed by atoms with Crippen molar-refractivity contribution in [1.82, 2.24) is 5.32 Å². The monoisotopic (exact) mass is 295 g/mol. The van der Waals surface area contributed by atoms with E-state index in [9.17, 15) is 8.78 Å². The van der Waals surface area contributed by atoms with Crippen molar-refractivity contribution in [1.29, 1.82) is 0 Å². The first kappa shape index (κ1) is 14.9. The minimum Gasteiger partial charge on any atom is -0.377 e. The number of benzene rings is 1. The van der Waals surface area contributed by atoms with Crippen LogP contribution in [0.25, 0.3) is 0 Å². The molecule has 1 aliphatic heterocycles. The molecule has 116 valence electrons. The van der Waals surface area contributed by atoms with Gasteiger partial charge in [-0.2, -0.15) is 0 Å². The standard InChI is InChI=1S/C17H23F2NO/c1-2-20-11-17(5-6-21-16(17)13-3-4-13)10-12-7-14(18)9-15(19)8-12/h7-9,13,16,20H,2-6,10-11H2,1H3. The van der Waals surface area contributed by atoms with Crippen LogP contribution < -0.4 is 5.32 Å². The number of rotatable bonds is 6. The van der Waals surface area contributed by atoms with Crippen LogP contribution in [0.15, 0.2) is 18.2 Å². The Bertz CT molecular complexity index is 483. The second kappa shape index (κ2) is 6.01. The molecule has 1 N–H and O–H groups in total. The molecular weight excluding hydrogens is 272 g/mol. The van der Waals surface area contributed by atoms with E-state index < -0.39 is 11.6 Å². The Balaban J connectivity index is 1.84. The summed E-state index contributed by atoms with van der Waals surface area (Å²) in [6.45, 7) is 4.58. The molecule has 21 heavy (non-hydrogen) atoms. The van der Waals surface area contributed by atoms with Crippen molar-refractivity contribution >= 4 is 0 Å². The van der Waals surface area contributed by atoms with Gasteiger partial charge in [-0.05, 0) is 55.8 Å². The van der Waals surface area contributed by atoms with E-state index >= 15 is 0 Å². The van der Waals surface area contributed by atoms with Crippen molar-refractivity contribution in [2.75, 3.05) is 19.7 Å². The van der Waals surface area contributed by atoms with Crippen LogP contribution in [0.5, 0.6) is 0 Å². The lowest BCUT2D eigenvalue weighted by molar-refractivity contribution is 0.0308. The van der Waals surface area contributed by atoms with Gasteiger partial charge in [0.25, 0.3) is 0 Å². The Kier molecular flexibility index (Phi) is 4.27. The summed E-state index contributed by atoms with van der Waals surface area (Å²) in [4.78, 5) is 0. The van der Waals surface area contributed by atoms with Crippen LogP contribution in [0.1, 0.15) is 31.7 Å². The van der Waals surface area contributed by atoms with E-state index in [1.54, 1.807) is 0 Å². The van der Waals surface area contributed by atoms with E-state index in [-0.39, 0.29) is 11.5 Å². The Labute approximate surface area is 124 Å². The Morgan fingerprint density at radius 3 is 2.57 bits per heavy atom. The average molecular weight is 295 g/mol. The summed E-state index contributed by atoms with van der Waals surface area (Å²) in [7, 11) is 0. The summed E-state index contributed by atoms with van der Waals surface area (Å²) in [5.41, 5.74) is 0.707. The highest BCUT2D eigenvalue weighted by Crippen LogP contribution is 2.49. The second-order valence-electron chi connectivity index (χ2n) is 6.48. The van der Waals surface area contributed by atoms with E-state index in [1.165, 1.54) is 25.0 Å². The lowest BCUT2D eigenvalue weighted by atomic mass is 9.74. The lowest BCUT2D eigenvalue weighted by Crippen LogP contribution is -2.43. The minimum absolute atomic E-state index is 0.0303. The van der Waals surface area contributed by atoms with Crippen LogP contribution in [0.3, 0.4) is 0 Å². The van der Waals surface area contributed by atoms with Gasteiger partial charge in [-0.25, -0.2) is 8.78 Å². The molecule has 1 aliphatic carbocycles. The molecule has 2 nitrogen and oxygen atoms in total. The van der Waals surface area contributed by atoms with Crippen molar-refractivity contribution < 1.29 is 13.5 Å². The van der Waals surface area contributed by atoms with Crippen molar-refractivity contribution in [3.8, 4) is 0 Å². The fourth-order valence-corrected chi connectivity index (χ4v) is 3.68. The van der Waals surface area contributed by atoms with Gasteiger partial charge in [0.2, 0.25) is 0 Å². The minimum atomic E-state index is -0.495. The SMILES string of the molecule is CCNCC1(Cc2cc(F)cc(F)c2)CCOC1C1CC1. The molecular formula is C17H23F2NO. The molecule has 2 atom stereocenters. The third-order valence-electron chi connectivity index (χ3n) is 4.76. The van der Waals surface area contributed by atoms with Gasteiger partial charge in [-0.1, -0.05) is 6.92 Å². The lowest BCUT2D eigenvalue weighted by Gasteiger charge is -2.35. The average Bonchev–Trinajstić information content (AvgIpc) is 3.18. The normalized spacial score (nSPS) is 29.0. The van der Waals surface area contributed by atoms with Gasteiger partial charge in [0.1, 0.15) is 11.6 Å². The molecule has 1 aromatic rings. The molecule has 0 radical (unpaired) electrons. The molecule has 3 rings (SSSR count). The predicted molar refractivity (Wildman–Crippen MR) is 78.1 cm³/mol. The molecule has 1 aromatic carbocycles. The smallest absolute Gasteiger partial charge is 0.126 e. The van der Waals surface area contributed by atoms with Crippen LogP contribution in [0.4, 0.5) is 8.78 Å². The fourth-order valence-electron chi connectivity index (χ4n) is 3.68. The first-order valence-corrected chi connectivity index (χ1v) is 7.90. The third kappa shape index (κ3) is 3.27. The maximum absolute atomic E-state index is 13.5. The molecule has 1 heterocycles. The molecule has 2 unspecified atom stereocenters. The molecule has 0 bridgehead atoms. The number of nitrogens with one attached hydrogen (secondary N) is 1. The van der Waals surface area contributed by atoms with E-state index in [1.807, 2.05) is 0 Å². The Morgan fingerprint density at radius 1 is 1.24 bits per heavy atom. The fraction of sp³-hybridized carbons (Fsp3) is 0.647. The summed E-state index contributed by atoms with van der Waals surface area (Å²) in [5.74, 6) is -0.361. The third-order valence-corrected chi connectivity index (χ3v) is 4.76. The van der Waals surface area contributed by atoms with E-state index in [0.717, 1.165) is 37.7 Å². The predicted octanol–water partition coefficient (Wildman–Crippen LogP) is 3.30. The zero-order chi connectivity index (χ0) is 14.9. The summed E-state index contributed by atoms with van der Waals surface area (Å²) in [6.07, 6.45) is 4.30.